The van der Waals surface area contributed by atoms with Crippen LogP contribution in [0, 0.1) is 0 Å². The van der Waals surface area contributed by atoms with E-state index >= 15 is 0 Å². The minimum absolute atomic E-state index is 0.289. The summed E-state index contributed by atoms with van der Waals surface area (Å²) in [6.45, 7) is 2.29. The SMILES string of the molecule is CCCCCCCCCCCCCCc1nc(OC2CCC2)nc(OC2CCC2)c1Br. The summed E-state index contributed by atoms with van der Waals surface area (Å²) in [7, 11) is 0. The summed E-state index contributed by atoms with van der Waals surface area (Å²) in [5.41, 5.74) is 1.05. The number of unbranched alkanes of at least 4 members (excludes halogenated alkanes) is 11. The highest BCUT2D eigenvalue weighted by atomic mass is 79.9. The van der Waals surface area contributed by atoms with Gasteiger partial charge in [-0.3, -0.25) is 0 Å². The number of aryl methyl sites for hydroxylation is 1. The number of hydrogen-bond acceptors (Lipinski definition) is 4. The Morgan fingerprint density at radius 1 is 0.710 bits per heavy atom. The third kappa shape index (κ3) is 8.90. The zero-order chi connectivity index (χ0) is 21.7. The predicted octanol–water partition coefficient (Wildman–Crippen LogP) is 8.35. The van der Waals surface area contributed by atoms with Crippen LogP contribution in [-0.4, -0.2) is 22.2 Å². The van der Waals surface area contributed by atoms with Gasteiger partial charge in [-0.25, -0.2) is 0 Å². The van der Waals surface area contributed by atoms with Crippen LogP contribution in [0.25, 0.3) is 0 Å². The van der Waals surface area contributed by atoms with E-state index in [0.717, 1.165) is 42.3 Å². The van der Waals surface area contributed by atoms with Crippen molar-refractivity contribution < 1.29 is 9.47 Å². The Kier molecular flexibility index (Phi) is 11.5. The Labute approximate surface area is 198 Å². The standard InChI is InChI=1S/C26H43BrN2O2/c1-2-3-4-5-6-7-8-9-10-11-12-13-20-23-24(27)25(30-21-16-14-17-21)29-26(28-23)31-22-18-15-19-22/h21-22H,2-20H2,1H3. The molecule has 31 heavy (non-hydrogen) atoms. The van der Waals surface area contributed by atoms with E-state index in [4.69, 9.17) is 14.5 Å². The molecule has 1 aromatic heterocycles. The van der Waals surface area contributed by atoms with Crippen LogP contribution in [0.15, 0.2) is 4.47 Å². The summed E-state index contributed by atoms with van der Waals surface area (Å²) in [4.78, 5) is 9.32. The minimum atomic E-state index is 0.289. The molecule has 0 bridgehead atoms. The zero-order valence-electron chi connectivity index (χ0n) is 19.7. The van der Waals surface area contributed by atoms with Crippen molar-refractivity contribution in [1.29, 1.82) is 0 Å². The largest absolute Gasteiger partial charge is 0.473 e. The van der Waals surface area contributed by atoms with Gasteiger partial charge in [0.15, 0.2) is 0 Å². The number of nitrogens with zero attached hydrogens (tertiary/aromatic N) is 2. The van der Waals surface area contributed by atoms with E-state index in [1.807, 2.05) is 0 Å². The smallest absolute Gasteiger partial charge is 0.320 e. The van der Waals surface area contributed by atoms with Gasteiger partial charge >= 0.3 is 6.01 Å². The Bertz CT molecular complexity index is 632. The summed E-state index contributed by atoms with van der Waals surface area (Å²) < 4.78 is 13.1. The van der Waals surface area contributed by atoms with Crippen molar-refractivity contribution in [3.63, 3.8) is 0 Å². The van der Waals surface area contributed by atoms with Crippen LogP contribution < -0.4 is 9.47 Å². The monoisotopic (exact) mass is 494 g/mol. The highest BCUT2D eigenvalue weighted by Gasteiger charge is 2.25. The maximum absolute atomic E-state index is 6.13. The van der Waals surface area contributed by atoms with Gasteiger partial charge in [0.25, 0.3) is 0 Å². The Morgan fingerprint density at radius 3 is 1.74 bits per heavy atom. The highest BCUT2D eigenvalue weighted by Crippen LogP contribution is 2.34. The van der Waals surface area contributed by atoms with E-state index in [2.05, 4.69) is 27.8 Å². The van der Waals surface area contributed by atoms with Crippen molar-refractivity contribution in [2.24, 2.45) is 0 Å². The van der Waals surface area contributed by atoms with E-state index in [0.29, 0.717) is 18.0 Å². The summed E-state index contributed by atoms with van der Waals surface area (Å²) in [6.07, 6.45) is 24.9. The van der Waals surface area contributed by atoms with Crippen LogP contribution in [0.3, 0.4) is 0 Å². The number of rotatable bonds is 17. The second-order valence-electron chi connectivity index (χ2n) is 9.55. The van der Waals surface area contributed by atoms with Crippen LogP contribution >= 0.6 is 15.9 Å². The zero-order valence-corrected chi connectivity index (χ0v) is 21.3. The van der Waals surface area contributed by atoms with Gasteiger partial charge in [0.2, 0.25) is 5.88 Å². The van der Waals surface area contributed by atoms with E-state index in [1.54, 1.807) is 0 Å². The summed E-state index contributed by atoms with van der Waals surface area (Å²) >= 11 is 3.72. The first-order valence-corrected chi connectivity index (χ1v) is 13.9. The lowest BCUT2D eigenvalue weighted by atomic mass is 9.96. The lowest BCUT2D eigenvalue weighted by Gasteiger charge is -2.28. The van der Waals surface area contributed by atoms with E-state index in [1.165, 1.54) is 89.9 Å². The fourth-order valence-corrected chi connectivity index (χ4v) is 4.63. The average molecular weight is 496 g/mol. The van der Waals surface area contributed by atoms with Crippen LogP contribution in [0.5, 0.6) is 11.9 Å². The number of ether oxygens (including phenoxy) is 2. The summed E-state index contributed by atoms with van der Waals surface area (Å²) in [6, 6.07) is 0.510. The van der Waals surface area contributed by atoms with E-state index < -0.39 is 0 Å². The molecule has 0 atom stereocenters. The van der Waals surface area contributed by atoms with Crippen molar-refractivity contribution in [1.82, 2.24) is 9.97 Å². The predicted molar refractivity (Wildman–Crippen MR) is 131 cm³/mol. The first-order chi connectivity index (χ1) is 15.3. The normalized spacial score (nSPS) is 16.7. The Balaban J connectivity index is 1.35. The summed E-state index contributed by atoms with van der Waals surface area (Å²) in [5, 5.41) is 0. The molecule has 2 saturated carbocycles. The minimum Gasteiger partial charge on any atom is -0.473 e. The van der Waals surface area contributed by atoms with Crippen molar-refractivity contribution >= 4 is 15.9 Å². The molecular weight excluding hydrogens is 452 g/mol. The third-order valence-corrected chi connectivity index (χ3v) is 7.59. The van der Waals surface area contributed by atoms with Gasteiger partial charge in [0.05, 0.1) is 5.69 Å². The van der Waals surface area contributed by atoms with Gasteiger partial charge < -0.3 is 9.47 Å². The molecule has 0 spiro atoms. The third-order valence-electron chi connectivity index (χ3n) is 6.79. The van der Waals surface area contributed by atoms with Gasteiger partial charge in [0, 0.05) is 0 Å². The maximum Gasteiger partial charge on any atom is 0.320 e. The van der Waals surface area contributed by atoms with Gasteiger partial charge in [-0.2, -0.15) is 9.97 Å². The van der Waals surface area contributed by atoms with Crippen LogP contribution in [-0.2, 0) is 6.42 Å². The van der Waals surface area contributed by atoms with Crippen molar-refractivity contribution in [3.8, 4) is 11.9 Å². The van der Waals surface area contributed by atoms with Gasteiger partial charge in [-0.05, 0) is 67.3 Å². The van der Waals surface area contributed by atoms with Crippen LogP contribution in [0.4, 0.5) is 0 Å². The number of aromatic nitrogens is 2. The molecule has 0 radical (unpaired) electrons. The fourth-order valence-electron chi connectivity index (χ4n) is 4.16. The number of hydrogen-bond donors (Lipinski definition) is 0. The molecule has 2 aliphatic rings. The number of halogens is 1. The molecule has 0 N–H and O–H groups in total. The molecule has 0 unspecified atom stereocenters. The molecule has 0 aromatic carbocycles. The first kappa shape index (κ1) is 24.8. The molecule has 0 amide bonds. The summed E-state index contributed by atoms with van der Waals surface area (Å²) in [5.74, 6) is 0.683. The molecule has 4 nitrogen and oxygen atoms in total. The second-order valence-corrected chi connectivity index (χ2v) is 10.3. The fraction of sp³-hybridized carbons (Fsp3) is 0.846. The molecule has 5 heteroatoms. The van der Waals surface area contributed by atoms with Gasteiger partial charge in [-0.15, -0.1) is 0 Å². The van der Waals surface area contributed by atoms with Crippen molar-refractivity contribution in [2.75, 3.05) is 0 Å². The quantitative estimate of drug-likeness (QED) is 0.204. The van der Waals surface area contributed by atoms with Crippen LogP contribution in [0.1, 0.15) is 128 Å². The molecule has 1 heterocycles. The lowest BCUT2D eigenvalue weighted by molar-refractivity contribution is 0.0953. The molecular formula is C26H43BrN2O2. The van der Waals surface area contributed by atoms with E-state index in [9.17, 15) is 0 Å². The Hall–Kier alpha value is -0.840. The molecule has 0 saturated heterocycles. The average Bonchev–Trinajstić information content (AvgIpc) is 2.70. The van der Waals surface area contributed by atoms with E-state index in [-0.39, 0.29) is 6.10 Å². The first-order valence-electron chi connectivity index (χ1n) is 13.2. The second kappa shape index (κ2) is 14.3. The van der Waals surface area contributed by atoms with Crippen molar-refractivity contribution in [3.05, 3.63) is 10.2 Å². The highest BCUT2D eigenvalue weighted by molar-refractivity contribution is 9.10. The molecule has 0 aliphatic heterocycles. The van der Waals surface area contributed by atoms with Gasteiger partial charge in [0.1, 0.15) is 16.7 Å². The molecule has 2 fully saturated rings. The van der Waals surface area contributed by atoms with Gasteiger partial charge in [-0.1, -0.05) is 77.6 Å². The van der Waals surface area contributed by atoms with Crippen LogP contribution in [0.2, 0.25) is 0 Å². The molecule has 176 valence electrons. The van der Waals surface area contributed by atoms with Crippen molar-refractivity contribution in [2.45, 2.75) is 141 Å². The molecule has 2 aliphatic carbocycles. The Morgan fingerprint density at radius 2 is 1.23 bits per heavy atom. The topological polar surface area (TPSA) is 44.2 Å². The molecule has 3 rings (SSSR count). The maximum atomic E-state index is 6.13. The lowest BCUT2D eigenvalue weighted by Crippen LogP contribution is -2.27. The molecule has 1 aromatic rings.